The van der Waals surface area contributed by atoms with Gasteiger partial charge < -0.3 is 10.1 Å². The molecule has 1 rings (SSSR count). The Kier molecular flexibility index (Phi) is 5.57. The van der Waals surface area contributed by atoms with Gasteiger partial charge in [0.2, 0.25) is 0 Å². The van der Waals surface area contributed by atoms with Crippen LogP contribution in [0.5, 0.6) is 0 Å². The van der Waals surface area contributed by atoms with Gasteiger partial charge in [0.25, 0.3) is 0 Å². The van der Waals surface area contributed by atoms with Crippen LogP contribution in [0.1, 0.15) is 26.7 Å². The normalized spacial score (nSPS) is 29.0. The zero-order chi connectivity index (χ0) is 10.2. The van der Waals surface area contributed by atoms with Gasteiger partial charge in [0.15, 0.2) is 0 Å². The predicted molar refractivity (Wildman–Crippen MR) is 60.4 cm³/mol. The van der Waals surface area contributed by atoms with Crippen molar-refractivity contribution >= 4 is 0 Å². The van der Waals surface area contributed by atoms with Gasteiger partial charge >= 0.3 is 0 Å². The van der Waals surface area contributed by atoms with Gasteiger partial charge in [-0.3, -0.25) is 0 Å². The molecule has 1 heterocycles. The fourth-order valence-corrected chi connectivity index (χ4v) is 1.56. The third-order valence-electron chi connectivity index (χ3n) is 2.25. The van der Waals surface area contributed by atoms with E-state index in [1.54, 1.807) is 0 Å². The summed E-state index contributed by atoms with van der Waals surface area (Å²) in [7, 11) is 0. The number of ether oxygens (including phenoxy) is 1. The number of nitrogens with one attached hydrogen (secondary N) is 1. The summed E-state index contributed by atoms with van der Waals surface area (Å²) in [6, 6.07) is 0.985. The van der Waals surface area contributed by atoms with Gasteiger partial charge in [-0.05, 0) is 19.8 Å². The maximum absolute atomic E-state index is 5.46. The van der Waals surface area contributed by atoms with E-state index >= 15 is 0 Å². The Balaban J connectivity index is 2.17. The summed E-state index contributed by atoms with van der Waals surface area (Å²) in [6.07, 6.45) is 10.7. The Labute approximate surface area is 87.0 Å². The molecular formula is C12H21NO. The molecule has 1 aliphatic heterocycles. The molecule has 2 nitrogen and oxygen atoms in total. The fourth-order valence-electron chi connectivity index (χ4n) is 1.56. The van der Waals surface area contributed by atoms with Crippen molar-refractivity contribution in [3.63, 3.8) is 0 Å². The van der Waals surface area contributed by atoms with E-state index in [-0.39, 0.29) is 0 Å². The Morgan fingerprint density at radius 1 is 1.29 bits per heavy atom. The molecule has 1 saturated heterocycles. The van der Waals surface area contributed by atoms with Crippen molar-refractivity contribution in [3.8, 4) is 0 Å². The zero-order valence-corrected chi connectivity index (χ0v) is 9.20. The number of morpholine rings is 1. The molecule has 2 heteroatoms. The molecule has 2 atom stereocenters. The minimum atomic E-state index is 0.491. The molecule has 14 heavy (non-hydrogen) atoms. The van der Waals surface area contributed by atoms with Crippen molar-refractivity contribution in [3.05, 3.63) is 24.3 Å². The second-order valence-electron chi connectivity index (χ2n) is 3.80. The first-order chi connectivity index (χ1) is 6.83. The van der Waals surface area contributed by atoms with Crippen LogP contribution >= 0.6 is 0 Å². The number of allylic oxidation sites excluding steroid dienone is 3. The molecule has 0 aromatic rings. The van der Waals surface area contributed by atoms with Crippen LogP contribution in [-0.4, -0.2) is 25.3 Å². The summed E-state index contributed by atoms with van der Waals surface area (Å²) in [6.45, 7) is 5.98. The highest BCUT2D eigenvalue weighted by molar-refractivity contribution is 5.03. The first-order valence-electron chi connectivity index (χ1n) is 5.48. The second kappa shape index (κ2) is 6.80. The van der Waals surface area contributed by atoms with Crippen LogP contribution in [0.25, 0.3) is 0 Å². The first kappa shape index (κ1) is 11.5. The summed E-state index contributed by atoms with van der Waals surface area (Å²) in [5.41, 5.74) is 0. The topological polar surface area (TPSA) is 21.3 Å². The summed E-state index contributed by atoms with van der Waals surface area (Å²) in [5.74, 6) is 0. The average Bonchev–Trinajstić information content (AvgIpc) is 2.18. The van der Waals surface area contributed by atoms with E-state index in [0.29, 0.717) is 12.1 Å². The van der Waals surface area contributed by atoms with E-state index in [0.717, 1.165) is 26.1 Å². The molecule has 0 spiro atoms. The first-order valence-corrected chi connectivity index (χ1v) is 5.48. The van der Waals surface area contributed by atoms with Gasteiger partial charge in [-0.15, -0.1) is 0 Å². The second-order valence-corrected chi connectivity index (χ2v) is 3.80. The highest BCUT2D eigenvalue weighted by Crippen LogP contribution is 2.03. The van der Waals surface area contributed by atoms with Crippen LogP contribution in [0.4, 0.5) is 0 Å². The fraction of sp³-hybridized carbons (Fsp3) is 0.667. The smallest absolute Gasteiger partial charge is 0.0623 e. The molecule has 0 radical (unpaired) electrons. The van der Waals surface area contributed by atoms with E-state index in [9.17, 15) is 0 Å². The van der Waals surface area contributed by atoms with Crippen molar-refractivity contribution in [2.75, 3.05) is 13.2 Å². The minimum absolute atomic E-state index is 0.491. The summed E-state index contributed by atoms with van der Waals surface area (Å²) < 4.78 is 5.46. The van der Waals surface area contributed by atoms with E-state index in [2.05, 4.69) is 43.5 Å². The summed E-state index contributed by atoms with van der Waals surface area (Å²) in [5, 5.41) is 3.51. The number of hydrogen-bond donors (Lipinski definition) is 1. The quantitative estimate of drug-likeness (QED) is 0.695. The Morgan fingerprint density at radius 3 is 2.79 bits per heavy atom. The van der Waals surface area contributed by atoms with Crippen molar-refractivity contribution in [2.45, 2.75) is 38.8 Å². The molecule has 2 unspecified atom stereocenters. The average molecular weight is 195 g/mol. The molecule has 0 saturated carbocycles. The molecule has 0 aliphatic carbocycles. The third-order valence-corrected chi connectivity index (χ3v) is 2.25. The maximum Gasteiger partial charge on any atom is 0.0623 e. The van der Waals surface area contributed by atoms with E-state index < -0.39 is 0 Å². The molecule has 0 aromatic heterocycles. The lowest BCUT2D eigenvalue weighted by atomic mass is 10.1. The highest BCUT2D eigenvalue weighted by Gasteiger charge is 2.16. The summed E-state index contributed by atoms with van der Waals surface area (Å²) >= 11 is 0. The van der Waals surface area contributed by atoms with Crippen LogP contribution in [-0.2, 0) is 4.74 Å². The van der Waals surface area contributed by atoms with Gasteiger partial charge in [-0.1, -0.05) is 31.2 Å². The minimum Gasteiger partial charge on any atom is -0.378 e. The Hall–Kier alpha value is -0.600. The monoisotopic (exact) mass is 195 g/mol. The van der Waals surface area contributed by atoms with Gasteiger partial charge in [0, 0.05) is 12.1 Å². The van der Waals surface area contributed by atoms with Crippen molar-refractivity contribution < 1.29 is 4.74 Å². The molecule has 1 N–H and O–H groups in total. The number of hydrogen-bond acceptors (Lipinski definition) is 2. The highest BCUT2D eigenvalue weighted by atomic mass is 16.5. The van der Waals surface area contributed by atoms with Crippen LogP contribution in [0, 0.1) is 0 Å². The third kappa shape index (κ3) is 4.58. The molecule has 0 bridgehead atoms. The van der Waals surface area contributed by atoms with E-state index in [1.807, 2.05) is 0 Å². The SMILES string of the molecule is CC/C=C/C=C/CC1COCC(C)N1. The molecular weight excluding hydrogens is 174 g/mol. The lowest BCUT2D eigenvalue weighted by molar-refractivity contribution is 0.0515. The molecule has 0 amide bonds. The van der Waals surface area contributed by atoms with Crippen LogP contribution in [0.2, 0.25) is 0 Å². The van der Waals surface area contributed by atoms with Gasteiger partial charge in [0.1, 0.15) is 0 Å². The number of rotatable bonds is 4. The lowest BCUT2D eigenvalue weighted by Crippen LogP contribution is -2.46. The van der Waals surface area contributed by atoms with Crippen molar-refractivity contribution in [2.24, 2.45) is 0 Å². The molecule has 0 aromatic carbocycles. The largest absolute Gasteiger partial charge is 0.378 e. The maximum atomic E-state index is 5.46. The molecule has 80 valence electrons. The Bertz CT molecular complexity index is 198. The van der Waals surface area contributed by atoms with Crippen molar-refractivity contribution in [1.29, 1.82) is 0 Å². The zero-order valence-electron chi connectivity index (χ0n) is 9.20. The standard InChI is InChI=1S/C12H21NO/c1-3-4-5-6-7-8-12-10-14-9-11(2)13-12/h4-7,11-13H,3,8-10H2,1-2H3/b5-4+,7-6+. The summed E-state index contributed by atoms with van der Waals surface area (Å²) in [4.78, 5) is 0. The van der Waals surface area contributed by atoms with Gasteiger partial charge in [-0.2, -0.15) is 0 Å². The van der Waals surface area contributed by atoms with E-state index in [4.69, 9.17) is 4.74 Å². The van der Waals surface area contributed by atoms with Crippen LogP contribution < -0.4 is 5.32 Å². The Morgan fingerprint density at radius 2 is 2.07 bits per heavy atom. The predicted octanol–water partition coefficient (Wildman–Crippen LogP) is 2.28. The van der Waals surface area contributed by atoms with Gasteiger partial charge in [0.05, 0.1) is 13.2 Å². The molecule has 1 aliphatic rings. The van der Waals surface area contributed by atoms with Crippen LogP contribution in [0.3, 0.4) is 0 Å². The van der Waals surface area contributed by atoms with E-state index in [1.165, 1.54) is 0 Å². The van der Waals surface area contributed by atoms with Gasteiger partial charge in [-0.25, -0.2) is 0 Å². The lowest BCUT2D eigenvalue weighted by Gasteiger charge is -2.28. The molecule has 1 fully saturated rings. The van der Waals surface area contributed by atoms with Crippen molar-refractivity contribution in [1.82, 2.24) is 5.32 Å². The van der Waals surface area contributed by atoms with Crippen LogP contribution in [0.15, 0.2) is 24.3 Å².